The van der Waals surface area contributed by atoms with Gasteiger partial charge in [-0.05, 0) is 73.9 Å². The van der Waals surface area contributed by atoms with Crippen molar-refractivity contribution in [3.63, 3.8) is 0 Å². The first kappa shape index (κ1) is 30.4. The van der Waals surface area contributed by atoms with Gasteiger partial charge in [0.25, 0.3) is 10.0 Å². The largest absolute Gasteiger partial charge is 0.352 e. The summed E-state index contributed by atoms with van der Waals surface area (Å²) < 4.78 is 29.4. The number of sulfonamides is 1. The number of carbonyl (C=O) groups is 2. The predicted molar refractivity (Wildman–Crippen MR) is 162 cm³/mol. The van der Waals surface area contributed by atoms with Crippen molar-refractivity contribution >= 4 is 66.7 Å². The van der Waals surface area contributed by atoms with Crippen LogP contribution in [0.4, 0.5) is 5.69 Å². The molecule has 0 radical (unpaired) electrons. The van der Waals surface area contributed by atoms with Crippen LogP contribution in [0.25, 0.3) is 0 Å². The van der Waals surface area contributed by atoms with E-state index in [1.165, 1.54) is 17.0 Å². The van der Waals surface area contributed by atoms with E-state index in [4.69, 9.17) is 23.2 Å². The Morgan fingerprint density at radius 1 is 1.00 bits per heavy atom. The molecule has 7 nitrogen and oxygen atoms in total. The van der Waals surface area contributed by atoms with Crippen LogP contribution in [-0.2, 0) is 26.2 Å². The highest BCUT2D eigenvalue weighted by molar-refractivity contribution is 9.10. The predicted octanol–water partition coefficient (Wildman–Crippen LogP) is 6.43. The number of nitrogens with one attached hydrogen (secondary N) is 1. The molecule has 1 atom stereocenters. The Balaban J connectivity index is 1.69. The van der Waals surface area contributed by atoms with Gasteiger partial charge in [-0.25, -0.2) is 8.42 Å². The zero-order valence-electron chi connectivity index (χ0n) is 21.9. The Labute approximate surface area is 253 Å². The summed E-state index contributed by atoms with van der Waals surface area (Å²) in [5, 5.41) is 3.83. The summed E-state index contributed by atoms with van der Waals surface area (Å²) in [5.41, 5.74) is 0.897. The van der Waals surface area contributed by atoms with Crippen molar-refractivity contribution in [1.82, 2.24) is 10.2 Å². The van der Waals surface area contributed by atoms with Crippen LogP contribution in [0, 0.1) is 0 Å². The van der Waals surface area contributed by atoms with Gasteiger partial charge in [0.1, 0.15) is 12.6 Å². The topological polar surface area (TPSA) is 86.8 Å². The molecule has 1 unspecified atom stereocenters. The average Bonchev–Trinajstić information content (AvgIpc) is 3.45. The summed E-state index contributed by atoms with van der Waals surface area (Å²) in [7, 11) is -4.12. The fourth-order valence-electron chi connectivity index (χ4n) is 4.66. The molecule has 0 bridgehead atoms. The van der Waals surface area contributed by atoms with Gasteiger partial charge in [0.05, 0.1) is 10.6 Å². The zero-order chi connectivity index (χ0) is 28.9. The van der Waals surface area contributed by atoms with Crippen LogP contribution in [-0.4, -0.2) is 43.8 Å². The van der Waals surface area contributed by atoms with Crippen molar-refractivity contribution in [1.29, 1.82) is 0 Å². The second-order valence-corrected chi connectivity index (χ2v) is 13.3. The van der Waals surface area contributed by atoms with Crippen LogP contribution in [0.2, 0.25) is 10.0 Å². The number of hydrogen-bond acceptors (Lipinski definition) is 4. The number of benzene rings is 3. The van der Waals surface area contributed by atoms with E-state index < -0.39 is 28.5 Å². The van der Waals surface area contributed by atoms with E-state index in [2.05, 4.69) is 21.2 Å². The van der Waals surface area contributed by atoms with E-state index in [9.17, 15) is 18.0 Å². The number of rotatable bonds is 10. The minimum Gasteiger partial charge on any atom is -0.352 e. The van der Waals surface area contributed by atoms with Crippen molar-refractivity contribution in [3.8, 4) is 0 Å². The first-order chi connectivity index (χ1) is 19.1. The number of hydrogen-bond donors (Lipinski definition) is 1. The zero-order valence-corrected chi connectivity index (χ0v) is 25.8. The molecular formula is C29H30BrCl2N3O4S. The van der Waals surface area contributed by atoms with Crippen molar-refractivity contribution in [2.24, 2.45) is 0 Å². The number of anilines is 1. The van der Waals surface area contributed by atoms with E-state index in [-0.39, 0.29) is 23.4 Å². The van der Waals surface area contributed by atoms with Crippen LogP contribution in [0.5, 0.6) is 0 Å². The van der Waals surface area contributed by atoms with Gasteiger partial charge in [-0.2, -0.15) is 0 Å². The monoisotopic (exact) mass is 665 g/mol. The van der Waals surface area contributed by atoms with Gasteiger partial charge >= 0.3 is 0 Å². The fraction of sp³-hybridized carbons (Fsp3) is 0.310. The SMILES string of the molecule is CC(C(=O)NC1CCCC1)N(Cc1ccc(Cl)cc1Cl)C(=O)CN(c1ccc(Br)cc1)S(=O)(=O)c1ccccc1. The highest BCUT2D eigenvalue weighted by Gasteiger charge is 2.33. The Hall–Kier alpha value is -2.59. The molecule has 1 aliphatic rings. The summed E-state index contributed by atoms with van der Waals surface area (Å²) in [6.07, 6.45) is 3.87. The number of halogens is 3. The third-order valence-electron chi connectivity index (χ3n) is 6.95. The smallest absolute Gasteiger partial charge is 0.264 e. The lowest BCUT2D eigenvalue weighted by molar-refractivity contribution is -0.139. The van der Waals surface area contributed by atoms with Crippen molar-refractivity contribution < 1.29 is 18.0 Å². The number of amides is 2. The van der Waals surface area contributed by atoms with Crippen LogP contribution >= 0.6 is 39.1 Å². The third kappa shape index (κ3) is 7.37. The normalized spacial score (nSPS) is 14.5. The van der Waals surface area contributed by atoms with Gasteiger partial charge in [0.15, 0.2) is 0 Å². The lowest BCUT2D eigenvalue weighted by Crippen LogP contribution is -2.52. The van der Waals surface area contributed by atoms with E-state index in [1.807, 2.05) is 0 Å². The molecule has 1 saturated carbocycles. The van der Waals surface area contributed by atoms with Gasteiger partial charge in [0, 0.05) is 27.1 Å². The second kappa shape index (κ2) is 13.4. The minimum atomic E-state index is -4.12. The summed E-state index contributed by atoms with van der Waals surface area (Å²) in [6.45, 7) is 1.11. The lowest BCUT2D eigenvalue weighted by atomic mass is 10.1. The summed E-state index contributed by atoms with van der Waals surface area (Å²) in [6, 6.07) is 18.7. The molecule has 0 spiro atoms. The maximum atomic E-state index is 14.0. The first-order valence-corrected chi connectivity index (χ1v) is 15.9. The van der Waals surface area contributed by atoms with Gasteiger partial charge < -0.3 is 10.2 Å². The molecule has 0 aliphatic heterocycles. The summed E-state index contributed by atoms with van der Waals surface area (Å²) in [5.74, 6) is -0.853. The van der Waals surface area contributed by atoms with Crippen molar-refractivity contribution in [3.05, 3.63) is 92.9 Å². The molecule has 0 heterocycles. The Morgan fingerprint density at radius 2 is 1.65 bits per heavy atom. The molecule has 3 aromatic rings. The van der Waals surface area contributed by atoms with Crippen LogP contribution in [0.1, 0.15) is 38.2 Å². The standard InChI is InChI=1S/C29H30BrCl2N3O4S/c1-20(29(37)33-24-7-5-6-8-24)34(18-21-11-14-23(31)17-27(21)32)28(36)19-35(25-15-12-22(30)13-16-25)40(38,39)26-9-3-2-4-10-26/h2-4,9-17,20,24H,5-8,18-19H2,1H3,(H,33,37). The molecule has 0 aromatic heterocycles. The summed E-state index contributed by atoms with van der Waals surface area (Å²) >= 11 is 15.9. The van der Waals surface area contributed by atoms with Crippen LogP contribution in [0.3, 0.4) is 0 Å². The van der Waals surface area contributed by atoms with Gasteiger partial charge in [-0.15, -0.1) is 0 Å². The molecular weight excluding hydrogens is 637 g/mol. The maximum Gasteiger partial charge on any atom is 0.264 e. The third-order valence-corrected chi connectivity index (χ3v) is 9.85. The Morgan fingerprint density at radius 3 is 2.27 bits per heavy atom. The first-order valence-electron chi connectivity index (χ1n) is 12.9. The molecule has 1 N–H and O–H groups in total. The Bertz CT molecular complexity index is 1450. The van der Waals surface area contributed by atoms with Crippen molar-refractivity contribution in [2.75, 3.05) is 10.8 Å². The second-order valence-electron chi connectivity index (χ2n) is 9.72. The molecule has 4 rings (SSSR count). The maximum absolute atomic E-state index is 14.0. The van der Waals surface area contributed by atoms with E-state index in [1.54, 1.807) is 67.6 Å². The average molecular weight is 667 g/mol. The molecule has 11 heteroatoms. The lowest BCUT2D eigenvalue weighted by Gasteiger charge is -2.32. The molecule has 1 aliphatic carbocycles. The van der Waals surface area contributed by atoms with Gasteiger partial charge in [0.2, 0.25) is 11.8 Å². The highest BCUT2D eigenvalue weighted by atomic mass is 79.9. The van der Waals surface area contributed by atoms with Crippen molar-refractivity contribution in [2.45, 2.75) is 56.1 Å². The molecule has 212 valence electrons. The molecule has 0 saturated heterocycles. The van der Waals surface area contributed by atoms with Gasteiger partial charge in [-0.3, -0.25) is 13.9 Å². The number of carbonyl (C=O) groups excluding carboxylic acids is 2. The molecule has 1 fully saturated rings. The quantitative estimate of drug-likeness (QED) is 0.270. The minimum absolute atomic E-state index is 0.00630. The highest BCUT2D eigenvalue weighted by Crippen LogP contribution is 2.27. The van der Waals surface area contributed by atoms with E-state index in [0.717, 1.165) is 34.5 Å². The molecule has 40 heavy (non-hydrogen) atoms. The summed E-state index contributed by atoms with van der Waals surface area (Å²) in [4.78, 5) is 28.7. The van der Waals surface area contributed by atoms with Crippen LogP contribution in [0.15, 0.2) is 82.2 Å². The Kier molecular flexibility index (Phi) is 10.2. The van der Waals surface area contributed by atoms with E-state index >= 15 is 0 Å². The molecule has 3 aromatic carbocycles. The van der Waals surface area contributed by atoms with Gasteiger partial charge in [-0.1, -0.05) is 76.2 Å². The van der Waals surface area contributed by atoms with E-state index in [0.29, 0.717) is 21.3 Å². The number of nitrogens with zero attached hydrogens (tertiary/aromatic N) is 2. The molecule has 2 amide bonds. The fourth-order valence-corrected chi connectivity index (χ4v) is 6.83. The van der Waals surface area contributed by atoms with Crippen LogP contribution < -0.4 is 9.62 Å².